The van der Waals surface area contributed by atoms with Crippen molar-refractivity contribution in [3.8, 4) is 0 Å². The second-order valence-electron chi connectivity index (χ2n) is 7.46. The molecule has 1 aliphatic rings. The summed E-state index contributed by atoms with van der Waals surface area (Å²) in [7, 11) is 0. The summed E-state index contributed by atoms with van der Waals surface area (Å²) in [5.74, 6) is -0.271. The van der Waals surface area contributed by atoms with Gasteiger partial charge >= 0.3 is 0 Å². The van der Waals surface area contributed by atoms with Crippen molar-refractivity contribution in [1.29, 1.82) is 0 Å². The molecule has 1 heterocycles. The van der Waals surface area contributed by atoms with Crippen molar-refractivity contribution in [1.82, 2.24) is 9.80 Å². The molecular formula is C24H23Cl2FN2. The number of hydrogen-bond donors (Lipinski definition) is 0. The highest BCUT2D eigenvalue weighted by molar-refractivity contribution is 6.31. The van der Waals surface area contributed by atoms with Crippen molar-refractivity contribution >= 4 is 23.2 Å². The van der Waals surface area contributed by atoms with E-state index in [1.165, 1.54) is 17.2 Å². The van der Waals surface area contributed by atoms with E-state index in [4.69, 9.17) is 23.2 Å². The molecule has 1 atom stereocenters. The van der Waals surface area contributed by atoms with Gasteiger partial charge in [0.05, 0.1) is 6.17 Å². The van der Waals surface area contributed by atoms with E-state index in [9.17, 15) is 4.39 Å². The monoisotopic (exact) mass is 428 g/mol. The molecule has 150 valence electrons. The zero-order chi connectivity index (χ0) is 20.4. The Hall–Kier alpha value is -1.91. The van der Waals surface area contributed by atoms with Crippen LogP contribution in [0.5, 0.6) is 0 Å². The maximum atomic E-state index is 14.5. The van der Waals surface area contributed by atoms with Crippen LogP contribution in [0.4, 0.5) is 4.39 Å². The molecule has 5 heteroatoms. The van der Waals surface area contributed by atoms with Gasteiger partial charge in [-0.25, -0.2) is 4.39 Å². The van der Waals surface area contributed by atoms with Gasteiger partial charge in [-0.3, -0.25) is 9.80 Å². The summed E-state index contributed by atoms with van der Waals surface area (Å²) in [5.41, 5.74) is 4.12. The van der Waals surface area contributed by atoms with E-state index < -0.39 is 0 Å². The van der Waals surface area contributed by atoms with Crippen LogP contribution in [0, 0.1) is 12.7 Å². The molecule has 4 rings (SSSR count). The Morgan fingerprint density at radius 2 is 1.48 bits per heavy atom. The van der Waals surface area contributed by atoms with E-state index >= 15 is 0 Å². The SMILES string of the molecule is Cc1ccccc1CN1CCN(Cc2c(F)cccc2Cl)C1c1ccccc1Cl. The van der Waals surface area contributed by atoms with Gasteiger partial charge in [0.2, 0.25) is 0 Å². The molecule has 0 saturated carbocycles. The average Bonchev–Trinajstić information content (AvgIpc) is 3.09. The van der Waals surface area contributed by atoms with Crippen LogP contribution in [0.15, 0.2) is 66.7 Å². The molecule has 0 aliphatic carbocycles. The molecule has 1 unspecified atom stereocenters. The van der Waals surface area contributed by atoms with Gasteiger partial charge in [0.25, 0.3) is 0 Å². The maximum absolute atomic E-state index is 14.5. The van der Waals surface area contributed by atoms with Crippen LogP contribution >= 0.6 is 23.2 Å². The normalized spacial score (nSPS) is 17.7. The molecule has 0 bridgehead atoms. The van der Waals surface area contributed by atoms with Gasteiger partial charge in [-0.05, 0) is 36.2 Å². The predicted molar refractivity (Wildman–Crippen MR) is 118 cm³/mol. The minimum absolute atomic E-state index is 0.0426. The van der Waals surface area contributed by atoms with Gasteiger partial charge in [-0.1, -0.05) is 71.7 Å². The standard InChI is InChI=1S/C24H23Cl2FN2/c1-17-7-2-3-8-18(17)15-28-13-14-29(16-20-22(26)11-6-12-23(20)27)24(28)19-9-4-5-10-21(19)25/h2-12,24H,13-16H2,1H3. The first-order valence-corrected chi connectivity index (χ1v) is 10.5. The van der Waals surface area contributed by atoms with Crippen LogP contribution in [0.3, 0.4) is 0 Å². The van der Waals surface area contributed by atoms with E-state index in [2.05, 4.69) is 47.1 Å². The third-order valence-corrected chi connectivity index (χ3v) is 6.31. The minimum Gasteiger partial charge on any atom is -0.278 e. The molecule has 0 aromatic heterocycles. The second-order valence-corrected chi connectivity index (χ2v) is 8.28. The summed E-state index contributed by atoms with van der Waals surface area (Å²) in [6.45, 7) is 5.06. The highest BCUT2D eigenvalue weighted by Crippen LogP contribution is 2.37. The molecule has 0 N–H and O–H groups in total. The van der Waals surface area contributed by atoms with Crippen molar-refractivity contribution in [3.63, 3.8) is 0 Å². The zero-order valence-corrected chi connectivity index (χ0v) is 17.8. The van der Waals surface area contributed by atoms with Gasteiger partial charge in [-0.2, -0.15) is 0 Å². The second kappa shape index (κ2) is 8.85. The van der Waals surface area contributed by atoms with E-state index in [0.29, 0.717) is 17.1 Å². The molecule has 2 nitrogen and oxygen atoms in total. The van der Waals surface area contributed by atoms with E-state index in [-0.39, 0.29) is 12.0 Å². The van der Waals surface area contributed by atoms with Crippen LogP contribution in [0.1, 0.15) is 28.4 Å². The Morgan fingerprint density at radius 3 is 2.21 bits per heavy atom. The smallest absolute Gasteiger partial charge is 0.129 e. The third-order valence-electron chi connectivity index (χ3n) is 5.61. The van der Waals surface area contributed by atoms with Gasteiger partial charge in [-0.15, -0.1) is 0 Å². The fourth-order valence-corrected chi connectivity index (χ4v) is 4.49. The lowest BCUT2D eigenvalue weighted by atomic mass is 10.1. The molecule has 1 aliphatic heterocycles. The summed E-state index contributed by atoms with van der Waals surface area (Å²) < 4.78 is 14.5. The first kappa shape index (κ1) is 20.4. The third kappa shape index (κ3) is 4.34. The average molecular weight is 429 g/mol. The lowest BCUT2D eigenvalue weighted by Gasteiger charge is -2.32. The first-order valence-electron chi connectivity index (χ1n) is 9.74. The molecule has 3 aromatic carbocycles. The number of benzene rings is 3. The Labute approximate surface area is 181 Å². The predicted octanol–water partition coefficient (Wildman–Crippen LogP) is 6.46. The Bertz CT molecular complexity index is 987. The Kier molecular flexibility index (Phi) is 6.21. The number of hydrogen-bond acceptors (Lipinski definition) is 2. The summed E-state index contributed by atoms with van der Waals surface area (Å²) in [6, 6.07) is 21.2. The van der Waals surface area contributed by atoms with Gasteiger partial charge in [0.15, 0.2) is 0 Å². The summed E-state index contributed by atoms with van der Waals surface area (Å²) in [6.07, 6.45) is -0.0426. The topological polar surface area (TPSA) is 6.48 Å². The Morgan fingerprint density at radius 1 is 0.828 bits per heavy atom. The largest absolute Gasteiger partial charge is 0.278 e. The fourth-order valence-electron chi connectivity index (χ4n) is 4.03. The molecular weight excluding hydrogens is 406 g/mol. The summed E-state index contributed by atoms with van der Waals surface area (Å²) in [4.78, 5) is 4.65. The summed E-state index contributed by atoms with van der Waals surface area (Å²) >= 11 is 12.9. The van der Waals surface area contributed by atoms with Gasteiger partial charge < -0.3 is 0 Å². The minimum atomic E-state index is -0.271. The first-order chi connectivity index (χ1) is 14.0. The van der Waals surface area contributed by atoms with Gasteiger partial charge in [0.1, 0.15) is 5.82 Å². The van der Waals surface area contributed by atoms with Crippen LogP contribution in [0.2, 0.25) is 10.0 Å². The quantitative estimate of drug-likeness (QED) is 0.460. The lowest BCUT2D eigenvalue weighted by Crippen LogP contribution is -2.31. The van der Waals surface area contributed by atoms with E-state index in [1.54, 1.807) is 12.1 Å². The molecule has 0 radical (unpaired) electrons. The zero-order valence-electron chi connectivity index (χ0n) is 16.3. The Balaban J connectivity index is 1.68. The molecule has 3 aromatic rings. The summed E-state index contributed by atoms with van der Waals surface area (Å²) in [5, 5.41) is 1.18. The fraction of sp³-hybridized carbons (Fsp3) is 0.250. The maximum Gasteiger partial charge on any atom is 0.129 e. The molecule has 1 fully saturated rings. The van der Waals surface area contributed by atoms with Crippen molar-refractivity contribution in [2.45, 2.75) is 26.2 Å². The number of halogens is 3. The van der Waals surface area contributed by atoms with Crippen molar-refractivity contribution in [3.05, 3.63) is 105 Å². The molecule has 0 amide bonds. The molecule has 0 spiro atoms. The highest BCUT2D eigenvalue weighted by atomic mass is 35.5. The highest BCUT2D eigenvalue weighted by Gasteiger charge is 2.35. The number of nitrogens with zero attached hydrogens (tertiary/aromatic N) is 2. The van der Waals surface area contributed by atoms with Crippen LogP contribution < -0.4 is 0 Å². The van der Waals surface area contributed by atoms with Crippen LogP contribution in [-0.4, -0.2) is 22.9 Å². The van der Waals surface area contributed by atoms with E-state index in [0.717, 1.165) is 30.2 Å². The number of rotatable bonds is 5. The molecule has 29 heavy (non-hydrogen) atoms. The van der Waals surface area contributed by atoms with E-state index in [1.807, 2.05) is 18.2 Å². The molecule has 1 saturated heterocycles. The lowest BCUT2D eigenvalue weighted by molar-refractivity contribution is 0.124. The number of aryl methyl sites for hydroxylation is 1. The van der Waals surface area contributed by atoms with Gasteiger partial charge in [0, 0.05) is 47.4 Å². The van der Waals surface area contributed by atoms with Crippen molar-refractivity contribution in [2.75, 3.05) is 13.1 Å². The van der Waals surface area contributed by atoms with Crippen molar-refractivity contribution < 1.29 is 4.39 Å². The van der Waals surface area contributed by atoms with Crippen LogP contribution in [-0.2, 0) is 13.1 Å². The van der Waals surface area contributed by atoms with Crippen molar-refractivity contribution in [2.24, 2.45) is 0 Å². The van der Waals surface area contributed by atoms with Crippen LogP contribution in [0.25, 0.3) is 0 Å².